The Hall–Kier alpha value is -0.520. The predicted octanol–water partition coefficient (Wildman–Crippen LogP) is 3.16. The van der Waals surface area contributed by atoms with Gasteiger partial charge in [0, 0.05) is 0 Å². The molecule has 0 radical (unpaired) electrons. The molecule has 2 rings (SSSR count). The number of hydrogen-bond acceptors (Lipinski definition) is 0. The molecular weight excluding hydrogens is 132 g/mol. The molecule has 0 bridgehead atoms. The first-order valence-corrected chi connectivity index (χ1v) is 4.55. The summed E-state index contributed by atoms with van der Waals surface area (Å²) in [7, 11) is 0. The molecule has 0 aromatic rings. The van der Waals surface area contributed by atoms with Gasteiger partial charge in [0.25, 0.3) is 0 Å². The van der Waals surface area contributed by atoms with Gasteiger partial charge in [-0.2, -0.15) is 0 Å². The molecular formula is C11H16. The van der Waals surface area contributed by atoms with Crippen LogP contribution in [0.2, 0.25) is 0 Å². The van der Waals surface area contributed by atoms with Crippen LogP contribution in [0.3, 0.4) is 0 Å². The molecule has 0 amide bonds. The summed E-state index contributed by atoms with van der Waals surface area (Å²) in [5.41, 5.74) is 3.19. The summed E-state index contributed by atoms with van der Waals surface area (Å²) in [6, 6.07) is 0. The maximum Gasteiger partial charge on any atom is -0.00516 e. The van der Waals surface area contributed by atoms with Gasteiger partial charge < -0.3 is 0 Å². The van der Waals surface area contributed by atoms with Crippen LogP contribution in [0.15, 0.2) is 23.3 Å². The van der Waals surface area contributed by atoms with E-state index in [9.17, 15) is 0 Å². The lowest BCUT2D eigenvalue weighted by Gasteiger charge is -2.05. The van der Waals surface area contributed by atoms with Gasteiger partial charge in [0.1, 0.15) is 0 Å². The zero-order valence-electron chi connectivity index (χ0n) is 7.59. The second-order valence-electron chi connectivity index (χ2n) is 4.12. The van der Waals surface area contributed by atoms with Gasteiger partial charge in [-0.1, -0.05) is 30.2 Å². The molecule has 3 unspecified atom stereocenters. The van der Waals surface area contributed by atoms with Gasteiger partial charge in [-0.15, -0.1) is 0 Å². The molecule has 0 N–H and O–H groups in total. The molecule has 0 spiro atoms. The van der Waals surface area contributed by atoms with E-state index in [4.69, 9.17) is 0 Å². The SMILES string of the molecule is CC1=CC2CC2C(C)=CC1C. The van der Waals surface area contributed by atoms with E-state index >= 15 is 0 Å². The number of rotatable bonds is 0. The maximum absolute atomic E-state index is 2.47. The van der Waals surface area contributed by atoms with Gasteiger partial charge in [0.15, 0.2) is 0 Å². The highest BCUT2D eigenvalue weighted by Crippen LogP contribution is 2.48. The minimum atomic E-state index is 0.683. The van der Waals surface area contributed by atoms with Gasteiger partial charge in [0.05, 0.1) is 0 Å². The third-order valence-corrected chi connectivity index (χ3v) is 3.13. The first kappa shape index (κ1) is 7.15. The summed E-state index contributed by atoms with van der Waals surface area (Å²) >= 11 is 0. The van der Waals surface area contributed by atoms with Crippen LogP contribution in [0.25, 0.3) is 0 Å². The molecule has 0 aliphatic heterocycles. The van der Waals surface area contributed by atoms with Crippen molar-refractivity contribution in [3.8, 4) is 0 Å². The molecule has 0 nitrogen and oxygen atoms in total. The average molecular weight is 148 g/mol. The number of hydrogen-bond donors (Lipinski definition) is 0. The molecule has 0 aromatic heterocycles. The largest absolute Gasteiger partial charge is 0.0813 e. The summed E-state index contributed by atoms with van der Waals surface area (Å²) in [6.07, 6.45) is 6.32. The van der Waals surface area contributed by atoms with E-state index in [0.717, 1.165) is 11.8 Å². The fourth-order valence-corrected chi connectivity index (χ4v) is 2.06. The Balaban J connectivity index is 2.29. The molecule has 2 aliphatic carbocycles. The van der Waals surface area contributed by atoms with Crippen molar-refractivity contribution in [2.24, 2.45) is 17.8 Å². The van der Waals surface area contributed by atoms with Crippen molar-refractivity contribution in [1.29, 1.82) is 0 Å². The summed E-state index contributed by atoms with van der Waals surface area (Å²) < 4.78 is 0. The standard InChI is InChI=1S/C11H16/c1-7-4-9(3)11-6-10(11)5-8(7)2/h4-5,7,10-11H,6H2,1-3H3. The highest BCUT2D eigenvalue weighted by atomic mass is 14.4. The highest BCUT2D eigenvalue weighted by Gasteiger charge is 2.37. The van der Waals surface area contributed by atoms with Crippen LogP contribution in [-0.2, 0) is 0 Å². The van der Waals surface area contributed by atoms with E-state index in [1.165, 1.54) is 6.42 Å². The van der Waals surface area contributed by atoms with E-state index < -0.39 is 0 Å². The number of allylic oxidation sites excluding steroid dienone is 4. The molecule has 60 valence electrons. The van der Waals surface area contributed by atoms with Crippen molar-refractivity contribution in [2.45, 2.75) is 27.2 Å². The van der Waals surface area contributed by atoms with E-state index in [1.807, 2.05) is 0 Å². The Morgan fingerprint density at radius 2 is 1.91 bits per heavy atom. The van der Waals surface area contributed by atoms with Crippen LogP contribution in [0.1, 0.15) is 27.2 Å². The lowest BCUT2D eigenvalue weighted by molar-refractivity contribution is 0.844. The second-order valence-corrected chi connectivity index (χ2v) is 4.12. The Bertz CT molecular complexity index is 232. The van der Waals surface area contributed by atoms with E-state index in [-0.39, 0.29) is 0 Å². The van der Waals surface area contributed by atoms with Crippen LogP contribution in [0.4, 0.5) is 0 Å². The molecule has 0 heterocycles. The van der Waals surface area contributed by atoms with Crippen LogP contribution >= 0.6 is 0 Å². The summed E-state index contributed by atoms with van der Waals surface area (Å²) in [5.74, 6) is 2.49. The summed E-state index contributed by atoms with van der Waals surface area (Å²) in [4.78, 5) is 0. The Morgan fingerprint density at radius 3 is 2.64 bits per heavy atom. The maximum atomic E-state index is 2.47. The zero-order chi connectivity index (χ0) is 8.01. The van der Waals surface area contributed by atoms with Gasteiger partial charge in [-0.05, 0) is 38.0 Å². The Morgan fingerprint density at radius 1 is 1.18 bits per heavy atom. The topological polar surface area (TPSA) is 0 Å². The third kappa shape index (κ3) is 1.15. The second kappa shape index (κ2) is 2.23. The average Bonchev–Trinajstić information content (AvgIpc) is 2.66. The monoisotopic (exact) mass is 148 g/mol. The third-order valence-electron chi connectivity index (χ3n) is 3.13. The quantitative estimate of drug-likeness (QED) is 0.463. The van der Waals surface area contributed by atoms with Crippen LogP contribution in [-0.4, -0.2) is 0 Å². The number of fused-ring (bicyclic) bond motifs is 1. The van der Waals surface area contributed by atoms with Crippen LogP contribution in [0.5, 0.6) is 0 Å². The smallest absolute Gasteiger partial charge is 0.00516 e. The van der Waals surface area contributed by atoms with E-state index in [1.54, 1.807) is 11.1 Å². The first-order chi connectivity index (χ1) is 5.18. The first-order valence-electron chi connectivity index (χ1n) is 4.55. The van der Waals surface area contributed by atoms with Crippen molar-refractivity contribution < 1.29 is 0 Å². The lowest BCUT2D eigenvalue weighted by Crippen LogP contribution is -1.91. The van der Waals surface area contributed by atoms with Crippen molar-refractivity contribution >= 4 is 0 Å². The fraction of sp³-hybridized carbons (Fsp3) is 0.636. The summed E-state index contributed by atoms with van der Waals surface area (Å²) in [5, 5.41) is 0. The molecule has 11 heavy (non-hydrogen) atoms. The van der Waals surface area contributed by atoms with E-state index in [2.05, 4.69) is 32.9 Å². The van der Waals surface area contributed by atoms with Gasteiger partial charge in [-0.3, -0.25) is 0 Å². The molecule has 0 saturated heterocycles. The summed E-state index contributed by atoms with van der Waals surface area (Å²) in [6.45, 7) is 6.84. The van der Waals surface area contributed by atoms with Gasteiger partial charge >= 0.3 is 0 Å². The predicted molar refractivity (Wildman–Crippen MR) is 48.3 cm³/mol. The Kier molecular flexibility index (Phi) is 1.45. The molecule has 1 fully saturated rings. The minimum Gasteiger partial charge on any atom is -0.0813 e. The zero-order valence-corrected chi connectivity index (χ0v) is 7.59. The van der Waals surface area contributed by atoms with E-state index in [0.29, 0.717) is 5.92 Å². The Labute approximate surface area is 69.0 Å². The van der Waals surface area contributed by atoms with Crippen LogP contribution < -0.4 is 0 Å². The van der Waals surface area contributed by atoms with Gasteiger partial charge in [-0.25, -0.2) is 0 Å². The van der Waals surface area contributed by atoms with Crippen molar-refractivity contribution in [3.63, 3.8) is 0 Å². The lowest BCUT2D eigenvalue weighted by atomic mass is 10.0. The highest BCUT2D eigenvalue weighted by molar-refractivity contribution is 5.28. The molecule has 0 heteroatoms. The van der Waals surface area contributed by atoms with Gasteiger partial charge in [0.2, 0.25) is 0 Å². The minimum absolute atomic E-state index is 0.683. The van der Waals surface area contributed by atoms with Crippen molar-refractivity contribution in [3.05, 3.63) is 23.3 Å². The fourth-order valence-electron chi connectivity index (χ4n) is 2.06. The molecule has 3 atom stereocenters. The van der Waals surface area contributed by atoms with Crippen LogP contribution in [0, 0.1) is 17.8 Å². The van der Waals surface area contributed by atoms with Crippen molar-refractivity contribution in [1.82, 2.24) is 0 Å². The normalized spacial score (nSPS) is 41.9. The van der Waals surface area contributed by atoms with Crippen molar-refractivity contribution in [2.75, 3.05) is 0 Å². The molecule has 2 aliphatic rings. The molecule has 1 saturated carbocycles. The molecule has 0 aromatic carbocycles.